The van der Waals surface area contributed by atoms with Crippen molar-refractivity contribution in [1.29, 1.82) is 0 Å². The van der Waals surface area contributed by atoms with E-state index < -0.39 is 0 Å². The van der Waals surface area contributed by atoms with Gasteiger partial charge in [0.15, 0.2) is 0 Å². The molecule has 0 saturated heterocycles. The summed E-state index contributed by atoms with van der Waals surface area (Å²) < 4.78 is 0. The summed E-state index contributed by atoms with van der Waals surface area (Å²) >= 11 is 5.07. The van der Waals surface area contributed by atoms with Crippen LogP contribution in [0.2, 0.25) is 0 Å². The van der Waals surface area contributed by atoms with E-state index in [0.717, 1.165) is 23.4 Å². The number of nitrogens with zero attached hydrogens (tertiary/aromatic N) is 1. The van der Waals surface area contributed by atoms with Crippen LogP contribution in [0, 0.1) is 6.92 Å². The van der Waals surface area contributed by atoms with Gasteiger partial charge in [-0.2, -0.15) is 0 Å². The molecule has 3 nitrogen and oxygen atoms in total. The Morgan fingerprint density at radius 3 is 2.67 bits per heavy atom. The minimum Gasteiger partial charge on any atom is -0.389 e. The Balaban J connectivity index is 2.21. The third-order valence-electron chi connectivity index (χ3n) is 2.76. The fourth-order valence-corrected chi connectivity index (χ4v) is 1.97. The Morgan fingerprint density at radius 1 is 1.28 bits per heavy atom. The number of aromatic nitrogens is 1. The standard InChI is InChI=1S/C14H15N3S/c1-10-3-2-4-12(14(15)18)13(10)17-9-11-5-7-16-8-6-11/h2-8,17H,9H2,1H3,(H2,15,18). The van der Waals surface area contributed by atoms with Crippen LogP contribution in [0.25, 0.3) is 0 Å². The Bertz CT molecular complexity index is 552. The van der Waals surface area contributed by atoms with Crippen LogP contribution < -0.4 is 11.1 Å². The van der Waals surface area contributed by atoms with Crippen molar-refractivity contribution in [3.05, 3.63) is 59.4 Å². The molecule has 1 aromatic heterocycles. The topological polar surface area (TPSA) is 50.9 Å². The molecule has 0 fully saturated rings. The first kappa shape index (κ1) is 12.5. The van der Waals surface area contributed by atoms with Crippen molar-refractivity contribution in [2.24, 2.45) is 5.73 Å². The molecule has 0 saturated carbocycles. The summed E-state index contributed by atoms with van der Waals surface area (Å²) in [5.74, 6) is 0. The maximum absolute atomic E-state index is 5.73. The molecule has 1 heterocycles. The number of hydrogen-bond donors (Lipinski definition) is 2. The van der Waals surface area contributed by atoms with Gasteiger partial charge in [0, 0.05) is 30.2 Å². The average molecular weight is 257 g/mol. The van der Waals surface area contributed by atoms with Crippen LogP contribution in [-0.2, 0) is 6.54 Å². The summed E-state index contributed by atoms with van der Waals surface area (Å²) in [7, 11) is 0. The summed E-state index contributed by atoms with van der Waals surface area (Å²) in [4.78, 5) is 4.41. The van der Waals surface area contributed by atoms with Crippen LogP contribution in [0.3, 0.4) is 0 Å². The Kier molecular flexibility index (Phi) is 3.89. The molecule has 0 bridgehead atoms. The number of thiocarbonyl (C=S) groups is 1. The van der Waals surface area contributed by atoms with Crippen molar-refractivity contribution in [2.45, 2.75) is 13.5 Å². The molecule has 0 aliphatic rings. The van der Waals surface area contributed by atoms with E-state index >= 15 is 0 Å². The number of anilines is 1. The minimum atomic E-state index is 0.413. The highest BCUT2D eigenvalue weighted by Crippen LogP contribution is 2.21. The Morgan fingerprint density at radius 2 is 2.00 bits per heavy atom. The third-order valence-corrected chi connectivity index (χ3v) is 2.98. The first-order valence-electron chi connectivity index (χ1n) is 5.70. The molecule has 18 heavy (non-hydrogen) atoms. The number of rotatable bonds is 4. The number of pyridine rings is 1. The van der Waals surface area contributed by atoms with Gasteiger partial charge in [-0.25, -0.2) is 0 Å². The van der Waals surface area contributed by atoms with Crippen molar-refractivity contribution < 1.29 is 0 Å². The van der Waals surface area contributed by atoms with Crippen molar-refractivity contribution in [3.63, 3.8) is 0 Å². The van der Waals surface area contributed by atoms with Gasteiger partial charge in [-0.15, -0.1) is 0 Å². The van der Waals surface area contributed by atoms with E-state index in [2.05, 4.69) is 10.3 Å². The lowest BCUT2D eigenvalue weighted by molar-refractivity contribution is 1.12. The second kappa shape index (κ2) is 5.60. The van der Waals surface area contributed by atoms with Gasteiger partial charge < -0.3 is 11.1 Å². The predicted molar refractivity (Wildman–Crippen MR) is 78.6 cm³/mol. The van der Waals surface area contributed by atoms with Gasteiger partial charge >= 0.3 is 0 Å². The van der Waals surface area contributed by atoms with Gasteiger partial charge in [0.25, 0.3) is 0 Å². The zero-order valence-electron chi connectivity index (χ0n) is 10.2. The molecule has 0 spiro atoms. The van der Waals surface area contributed by atoms with Crippen LogP contribution in [0.15, 0.2) is 42.7 Å². The van der Waals surface area contributed by atoms with Crippen LogP contribution in [-0.4, -0.2) is 9.97 Å². The smallest absolute Gasteiger partial charge is 0.106 e. The second-order valence-corrected chi connectivity index (χ2v) is 4.51. The van der Waals surface area contributed by atoms with Crippen LogP contribution in [0.5, 0.6) is 0 Å². The maximum Gasteiger partial charge on any atom is 0.106 e. The molecule has 0 unspecified atom stereocenters. The fraction of sp³-hybridized carbons (Fsp3) is 0.143. The molecule has 2 aromatic rings. The SMILES string of the molecule is Cc1cccc(C(N)=S)c1NCc1ccncc1. The zero-order chi connectivity index (χ0) is 13.0. The quantitative estimate of drug-likeness (QED) is 0.827. The van der Waals surface area contributed by atoms with E-state index in [1.165, 1.54) is 5.56 Å². The van der Waals surface area contributed by atoms with E-state index in [-0.39, 0.29) is 0 Å². The number of hydrogen-bond acceptors (Lipinski definition) is 3. The van der Waals surface area contributed by atoms with Crippen molar-refractivity contribution >= 4 is 22.9 Å². The number of aryl methyl sites for hydroxylation is 1. The van der Waals surface area contributed by atoms with Crippen LogP contribution >= 0.6 is 12.2 Å². The molecule has 0 atom stereocenters. The molecule has 0 amide bonds. The normalized spacial score (nSPS) is 10.1. The predicted octanol–water partition coefficient (Wildman–Crippen LogP) is 2.64. The van der Waals surface area contributed by atoms with Gasteiger partial charge in [-0.1, -0.05) is 24.4 Å². The first-order chi connectivity index (χ1) is 8.68. The van der Waals surface area contributed by atoms with Crippen LogP contribution in [0.1, 0.15) is 16.7 Å². The summed E-state index contributed by atoms with van der Waals surface area (Å²) in [6.45, 7) is 2.76. The molecule has 0 aliphatic carbocycles. The molecular formula is C14H15N3S. The fourth-order valence-electron chi connectivity index (χ4n) is 1.80. The average Bonchev–Trinajstić information content (AvgIpc) is 2.38. The Hall–Kier alpha value is -1.94. The minimum absolute atomic E-state index is 0.413. The van der Waals surface area contributed by atoms with Gasteiger partial charge in [0.05, 0.1) is 0 Å². The molecule has 0 radical (unpaired) electrons. The lowest BCUT2D eigenvalue weighted by atomic mass is 10.1. The summed E-state index contributed by atoms with van der Waals surface area (Å²) in [6, 6.07) is 9.89. The zero-order valence-corrected chi connectivity index (χ0v) is 11.0. The molecule has 92 valence electrons. The highest BCUT2D eigenvalue weighted by atomic mass is 32.1. The number of nitrogens with one attached hydrogen (secondary N) is 1. The van der Waals surface area contributed by atoms with Crippen molar-refractivity contribution in [3.8, 4) is 0 Å². The van der Waals surface area contributed by atoms with Crippen molar-refractivity contribution in [1.82, 2.24) is 4.98 Å². The lowest BCUT2D eigenvalue weighted by Crippen LogP contribution is -2.14. The largest absolute Gasteiger partial charge is 0.389 e. The first-order valence-corrected chi connectivity index (χ1v) is 6.11. The monoisotopic (exact) mass is 257 g/mol. The number of para-hydroxylation sites is 1. The Labute approximate surface area is 112 Å². The summed E-state index contributed by atoms with van der Waals surface area (Å²) in [6.07, 6.45) is 3.56. The van der Waals surface area contributed by atoms with Gasteiger partial charge in [-0.05, 0) is 36.2 Å². The third kappa shape index (κ3) is 2.84. The second-order valence-electron chi connectivity index (χ2n) is 4.07. The highest BCUT2D eigenvalue weighted by molar-refractivity contribution is 7.80. The van der Waals surface area contributed by atoms with Gasteiger partial charge in [-0.3, -0.25) is 4.98 Å². The lowest BCUT2D eigenvalue weighted by Gasteiger charge is -2.14. The van der Waals surface area contributed by atoms with E-state index in [1.54, 1.807) is 12.4 Å². The molecular weight excluding hydrogens is 242 g/mol. The molecule has 0 aliphatic heterocycles. The van der Waals surface area contributed by atoms with E-state index in [1.807, 2.05) is 37.3 Å². The van der Waals surface area contributed by atoms with Crippen LogP contribution in [0.4, 0.5) is 5.69 Å². The van der Waals surface area contributed by atoms with Crippen molar-refractivity contribution in [2.75, 3.05) is 5.32 Å². The number of benzene rings is 1. The molecule has 1 aromatic carbocycles. The molecule has 2 rings (SSSR count). The summed E-state index contributed by atoms with van der Waals surface area (Å²) in [5.41, 5.74) is 9.93. The van der Waals surface area contributed by atoms with E-state index in [4.69, 9.17) is 18.0 Å². The van der Waals surface area contributed by atoms with E-state index in [9.17, 15) is 0 Å². The number of nitrogens with two attached hydrogens (primary N) is 1. The highest BCUT2D eigenvalue weighted by Gasteiger charge is 2.07. The van der Waals surface area contributed by atoms with Gasteiger partial charge in [0.1, 0.15) is 4.99 Å². The molecule has 4 heteroatoms. The van der Waals surface area contributed by atoms with E-state index in [0.29, 0.717) is 4.99 Å². The molecule has 3 N–H and O–H groups in total. The summed E-state index contributed by atoms with van der Waals surface area (Å²) in [5, 5.41) is 3.38. The maximum atomic E-state index is 5.73. The van der Waals surface area contributed by atoms with Gasteiger partial charge in [0.2, 0.25) is 0 Å².